The highest BCUT2D eigenvalue weighted by Gasteiger charge is 2.84. The highest BCUT2D eigenvalue weighted by atomic mass is 16.7. The number of carbonyl (C=O) groups excluding carboxylic acids is 2. The fourth-order valence-corrected chi connectivity index (χ4v) is 14.6. The summed E-state index contributed by atoms with van der Waals surface area (Å²) in [5.41, 5.74) is -1.19. The molecule has 0 aromatic rings. The van der Waals surface area contributed by atoms with Gasteiger partial charge >= 0.3 is 11.9 Å². The fraction of sp³-hybridized carbons (Fsp3) is 0.950. The van der Waals surface area contributed by atoms with Crippen molar-refractivity contribution in [1.82, 2.24) is 4.90 Å². The number of ether oxygens (including phenoxy) is 5. The lowest BCUT2D eigenvalue weighted by Crippen LogP contribution is -2.60. The number of nitrogens with zero attached hydrogens (tertiary/aromatic N) is 1. The zero-order chi connectivity index (χ0) is 35.8. The van der Waals surface area contributed by atoms with Crippen molar-refractivity contribution < 1.29 is 43.5 Å². The summed E-state index contributed by atoms with van der Waals surface area (Å²) < 4.78 is 30.8. The van der Waals surface area contributed by atoms with Crippen LogP contribution in [0.25, 0.3) is 0 Å². The Morgan fingerprint density at radius 1 is 1.02 bits per heavy atom. The predicted molar refractivity (Wildman–Crippen MR) is 184 cm³/mol. The molecule has 0 radical (unpaired) electrons. The smallest absolute Gasteiger partial charge is 0.323 e. The van der Waals surface area contributed by atoms with Crippen LogP contribution in [-0.4, -0.2) is 102 Å². The Bertz CT molecular complexity index is 1380. The van der Waals surface area contributed by atoms with Crippen molar-refractivity contribution in [2.75, 3.05) is 26.3 Å². The summed E-state index contributed by atoms with van der Waals surface area (Å²) in [6, 6.07) is -0.182. The maximum atomic E-state index is 12.6. The van der Waals surface area contributed by atoms with Crippen LogP contribution in [-0.2, 0) is 33.3 Å². The van der Waals surface area contributed by atoms with Crippen LogP contribution in [0.5, 0.6) is 0 Å². The standard InChI is InChI=1S/C40H63NO9/c1-22-19-25(33(36(5,6)45)48-23(2)42)49-31-30(22)37(7)14-15-40-21-39(40)13-11-28(35(3,4)26(39)9-10-27(40)38(37,8)32(31)43)50-29-20-41(16-18-46-29)24-12-17-47-34(24)44/h22,24-33,43,45H,9-21H2,1-8H3/t22-,24-,25?,26+,27?,28+,29?,30+,31?,32+,33+,37-,38-,39?,40?/m1/s1. The molecule has 0 amide bonds. The van der Waals surface area contributed by atoms with Crippen LogP contribution >= 0.6 is 0 Å². The minimum Gasteiger partial charge on any atom is -0.464 e. The Hall–Kier alpha value is -1.30. The SMILES string of the molecule is CC(=O)O[C@@H](C1C[C@@H](C)[C@H]2C(O1)[C@H](O)[C@@]1(C)C3CC[C@H]4C(C)(C)[C@@H](OC5CN([C@@H]6CCOC6=O)CCO5)CCC45CC35CC[C@]21C)C(C)(C)O. The highest BCUT2D eigenvalue weighted by molar-refractivity contribution is 5.77. The molecule has 15 atom stereocenters. The van der Waals surface area contributed by atoms with Gasteiger partial charge in [0.1, 0.15) is 6.04 Å². The van der Waals surface area contributed by atoms with Crippen LogP contribution in [0.4, 0.5) is 0 Å². The van der Waals surface area contributed by atoms with Crippen molar-refractivity contribution in [2.45, 2.75) is 162 Å². The number of hydrogen-bond donors (Lipinski definition) is 2. The van der Waals surface area contributed by atoms with Crippen molar-refractivity contribution in [3.05, 3.63) is 0 Å². The van der Waals surface area contributed by atoms with Crippen molar-refractivity contribution in [2.24, 2.45) is 50.7 Å². The van der Waals surface area contributed by atoms with Gasteiger partial charge in [0.05, 0.1) is 49.8 Å². The monoisotopic (exact) mass is 701 g/mol. The first-order valence-electron chi connectivity index (χ1n) is 19.8. The van der Waals surface area contributed by atoms with E-state index in [-0.39, 0.29) is 69.4 Å². The normalized spacial score (nSPS) is 51.7. The molecule has 5 aliphatic carbocycles. The minimum atomic E-state index is -1.27. The second kappa shape index (κ2) is 11.6. The van der Waals surface area contributed by atoms with Crippen LogP contribution in [0, 0.1) is 50.7 Å². The fourth-order valence-electron chi connectivity index (χ4n) is 14.6. The Morgan fingerprint density at radius 2 is 1.74 bits per heavy atom. The zero-order valence-corrected chi connectivity index (χ0v) is 31.7. The number of fused-ring (bicyclic) bond motifs is 4. The third-order valence-electron chi connectivity index (χ3n) is 16.8. The molecule has 282 valence electrons. The van der Waals surface area contributed by atoms with Crippen molar-refractivity contribution in [1.29, 1.82) is 0 Å². The summed E-state index contributed by atoms with van der Waals surface area (Å²) >= 11 is 0. The molecule has 8 fully saturated rings. The Balaban J connectivity index is 1.02. The summed E-state index contributed by atoms with van der Waals surface area (Å²) in [5, 5.41) is 23.6. The van der Waals surface area contributed by atoms with E-state index >= 15 is 0 Å². The molecule has 0 aromatic carbocycles. The van der Waals surface area contributed by atoms with E-state index < -0.39 is 29.9 Å². The van der Waals surface area contributed by atoms with Gasteiger partial charge in [0.15, 0.2) is 12.4 Å². The second-order valence-corrected chi connectivity index (χ2v) is 19.6. The van der Waals surface area contributed by atoms with Crippen LogP contribution in [0.1, 0.15) is 113 Å². The van der Waals surface area contributed by atoms with Crippen molar-refractivity contribution >= 4 is 11.9 Å². The lowest BCUT2D eigenvalue weighted by molar-refractivity contribution is -0.250. The number of cyclic esters (lactones) is 1. The van der Waals surface area contributed by atoms with Crippen LogP contribution in [0.15, 0.2) is 0 Å². The molecule has 10 heteroatoms. The van der Waals surface area contributed by atoms with Gasteiger partial charge in [0, 0.05) is 25.3 Å². The number of rotatable bonds is 6. The summed E-state index contributed by atoms with van der Waals surface area (Å²) in [5.74, 6) is 0.853. The molecule has 3 saturated heterocycles. The first-order chi connectivity index (χ1) is 23.4. The molecule has 3 aliphatic heterocycles. The van der Waals surface area contributed by atoms with Gasteiger partial charge in [-0.25, -0.2) is 0 Å². The third-order valence-corrected chi connectivity index (χ3v) is 16.8. The molecule has 5 saturated carbocycles. The van der Waals surface area contributed by atoms with E-state index in [0.29, 0.717) is 38.0 Å². The molecular weight excluding hydrogens is 638 g/mol. The molecule has 0 bridgehead atoms. The molecule has 0 aromatic heterocycles. The molecule has 50 heavy (non-hydrogen) atoms. The van der Waals surface area contributed by atoms with E-state index in [0.717, 1.165) is 45.1 Å². The predicted octanol–water partition coefficient (Wildman–Crippen LogP) is 4.86. The van der Waals surface area contributed by atoms with Crippen molar-refractivity contribution in [3.63, 3.8) is 0 Å². The molecule has 10 nitrogen and oxygen atoms in total. The van der Waals surface area contributed by atoms with Gasteiger partial charge in [-0.2, -0.15) is 0 Å². The van der Waals surface area contributed by atoms with Crippen LogP contribution < -0.4 is 0 Å². The van der Waals surface area contributed by atoms with Crippen LogP contribution in [0.3, 0.4) is 0 Å². The third kappa shape index (κ3) is 4.79. The lowest BCUT2D eigenvalue weighted by Gasteiger charge is -2.64. The maximum absolute atomic E-state index is 12.6. The second-order valence-electron chi connectivity index (χ2n) is 19.6. The zero-order valence-electron chi connectivity index (χ0n) is 31.7. The summed E-state index contributed by atoms with van der Waals surface area (Å²) in [6.07, 6.45) is 6.81. The molecule has 6 unspecified atom stereocenters. The summed E-state index contributed by atoms with van der Waals surface area (Å²) in [4.78, 5) is 26.6. The first kappa shape index (κ1) is 35.7. The summed E-state index contributed by atoms with van der Waals surface area (Å²) in [7, 11) is 0. The quantitative estimate of drug-likeness (QED) is 0.371. The Kier molecular flexibility index (Phi) is 8.29. The molecule has 2 spiro atoms. The van der Waals surface area contributed by atoms with E-state index in [1.165, 1.54) is 19.8 Å². The summed E-state index contributed by atoms with van der Waals surface area (Å²) in [6.45, 7) is 19.1. The Labute approximate surface area is 298 Å². The number of aliphatic hydroxyl groups is 2. The van der Waals surface area contributed by atoms with E-state index in [4.69, 9.17) is 23.7 Å². The number of morpholine rings is 1. The van der Waals surface area contributed by atoms with Gasteiger partial charge in [-0.3, -0.25) is 14.5 Å². The van der Waals surface area contributed by atoms with Crippen LogP contribution in [0.2, 0.25) is 0 Å². The van der Waals surface area contributed by atoms with E-state index in [1.54, 1.807) is 13.8 Å². The van der Waals surface area contributed by atoms with Gasteiger partial charge in [0.25, 0.3) is 0 Å². The largest absolute Gasteiger partial charge is 0.464 e. The first-order valence-corrected chi connectivity index (χ1v) is 19.8. The highest BCUT2D eigenvalue weighted by Crippen LogP contribution is 2.89. The van der Waals surface area contributed by atoms with E-state index in [2.05, 4.69) is 39.5 Å². The van der Waals surface area contributed by atoms with E-state index in [9.17, 15) is 19.8 Å². The number of esters is 2. The minimum absolute atomic E-state index is 0.0255. The molecule has 8 rings (SSSR count). The van der Waals surface area contributed by atoms with Gasteiger partial charge in [-0.15, -0.1) is 0 Å². The number of carbonyl (C=O) groups is 2. The Morgan fingerprint density at radius 3 is 2.42 bits per heavy atom. The molecule has 2 N–H and O–H groups in total. The number of hydrogen-bond acceptors (Lipinski definition) is 10. The van der Waals surface area contributed by atoms with E-state index in [1.807, 2.05) is 0 Å². The molecule has 8 aliphatic rings. The molecule has 3 heterocycles. The average Bonchev–Trinajstić information content (AvgIpc) is 3.44. The molecular formula is C40H63NO9. The average molecular weight is 702 g/mol. The lowest BCUT2D eigenvalue weighted by atomic mass is 9.41. The maximum Gasteiger partial charge on any atom is 0.323 e. The van der Waals surface area contributed by atoms with Gasteiger partial charge in [0.2, 0.25) is 0 Å². The topological polar surface area (TPSA) is 124 Å². The van der Waals surface area contributed by atoms with Gasteiger partial charge in [-0.1, -0.05) is 34.6 Å². The van der Waals surface area contributed by atoms with Gasteiger partial charge in [-0.05, 0) is 111 Å². The van der Waals surface area contributed by atoms with Crippen molar-refractivity contribution in [3.8, 4) is 0 Å². The van der Waals surface area contributed by atoms with Gasteiger partial charge < -0.3 is 33.9 Å². The number of aliphatic hydroxyl groups excluding tert-OH is 1.